The van der Waals surface area contributed by atoms with Gasteiger partial charge >= 0.3 is 0 Å². The zero-order valence-corrected chi connectivity index (χ0v) is 9.96. The van der Waals surface area contributed by atoms with Crippen LogP contribution in [0.4, 0.5) is 5.69 Å². The zero-order valence-electron chi connectivity index (χ0n) is 8.37. The first-order chi connectivity index (χ1) is 7.18. The van der Waals surface area contributed by atoms with Crippen LogP contribution in [0.25, 0.3) is 0 Å². The molecule has 1 aromatic rings. The van der Waals surface area contributed by atoms with Gasteiger partial charge in [0.05, 0.1) is 5.56 Å². The average Bonchev–Trinajstić information content (AvgIpc) is 2.69. The van der Waals surface area contributed by atoms with Gasteiger partial charge in [-0.05, 0) is 31.0 Å². The minimum atomic E-state index is 0.0532. The second kappa shape index (κ2) is 4.23. The number of nitrogen functional groups attached to an aromatic ring is 1. The topological polar surface area (TPSA) is 46.3 Å². The zero-order chi connectivity index (χ0) is 10.8. The van der Waals surface area contributed by atoms with E-state index in [0.29, 0.717) is 11.3 Å². The highest BCUT2D eigenvalue weighted by Crippen LogP contribution is 2.21. The summed E-state index contributed by atoms with van der Waals surface area (Å²) >= 11 is 3.32. The number of anilines is 1. The Kier molecular flexibility index (Phi) is 2.95. The van der Waals surface area contributed by atoms with Crippen LogP contribution in [-0.2, 0) is 0 Å². The fourth-order valence-corrected chi connectivity index (χ4v) is 2.20. The Hall–Kier alpha value is -1.03. The van der Waals surface area contributed by atoms with Crippen LogP contribution in [0.2, 0.25) is 0 Å². The first-order valence-electron chi connectivity index (χ1n) is 5.03. The number of benzene rings is 1. The Bertz CT molecular complexity index is 386. The van der Waals surface area contributed by atoms with E-state index in [1.165, 1.54) is 0 Å². The highest BCUT2D eigenvalue weighted by atomic mass is 79.9. The molecule has 1 aliphatic heterocycles. The summed E-state index contributed by atoms with van der Waals surface area (Å²) in [7, 11) is 0. The summed E-state index contributed by atoms with van der Waals surface area (Å²) < 4.78 is 0.901. The van der Waals surface area contributed by atoms with Crippen LogP contribution in [0.5, 0.6) is 0 Å². The van der Waals surface area contributed by atoms with Gasteiger partial charge in [-0.3, -0.25) is 4.79 Å². The molecule has 3 nitrogen and oxygen atoms in total. The molecule has 0 atom stereocenters. The van der Waals surface area contributed by atoms with E-state index < -0.39 is 0 Å². The van der Waals surface area contributed by atoms with Gasteiger partial charge < -0.3 is 10.6 Å². The predicted molar refractivity (Wildman–Crippen MR) is 63.7 cm³/mol. The fraction of sp³-hybridized carbons (Fsp3) is 0.364. The van der Waals surface area contributed by atoms with Crippen molar-refractivity contribution >= 4 is 27.5 Å². The van der Waals surface area contributed by atoms with E-state index in [1.807, 2.05) is 11.0 Å². The molecule has 1 heterocycles. The summed E-state index contributed by atoms with van der Waals surface area (Å²) in [6.07, 6.45) is 2.20. The smallest absolute Gasteiger partial charge is 0.255 e. The summed E-state index contributed by atoms with van der Waals surface area (Å²) in [5.74, 6) is 0.0532. The SMILES string of the molecule is Nc1cc(Br)ccc1C(=O)N1CCCC1. The van der Waals surface area contributed by atoms with Gasteiger partial charge in [0.1, 0.15) is 0 Å². The molecule has 0 unspecified atom stereocenters. The highest BCUT2D eigenvalue weighted by Gasteiger charge is 2.20. The van der Waals surface area contributed by atoms with E-state index >= 15 is 0 Å². The molecule has 2 rings (SSSR count). The molecule has 1 fully saturated rings. The molecule has 0 aromatic heterocycles. The quantitative estimate of drug-likeness (QED) is 0.795. The minimum Gasteiger partial charge on any atom is -0.398 e. The Labute approximate surface area is 97.4 Å². The third-order valence-corrected chi connectivity index (χ3v) is 3.13. The van der Waals surface area contributed by atoms with E-state index in [2.05, 4.69) is 15.9 Å². The van der Waals surface area contributed by atoms with Crippen LogP contribution in [0, 0.1) is 0 Å². The molecular formula is C11H13BrN2O. The summed E-state index contributed by atoms with van der Waals surface area (Å²) in [6.45, 7) is 1.71. The number of likely N-dealkylation sites (tertiary alicyclic amines) is 1. The lowest BCUT2D eigenvalue weighted by Crippen LogP contribution is -2.28. The normalized spacial score (nSPS) is 15.7. The molecule has 4 heteroatoms. The van der Waals surface area contributed by atoms with E-state index in [4.69, 9.17) is 5.73 Å². The number of amides is 1. The van der Waals surface area contributed by atoms with Gasteiger partial charge in [-0.2, -0.15) is 0 Å². The summed E-state index contributed by atoms with van der Waals surface area (Å²) in [5, 5.41) is 0. The van der Waals surface area contributed by atoms with Gasteiger partial charge in [-0.15, -0.1) is 0 Å². The van der Waals surface area contributed by atoms with Crippen LogP contribution < -0.4 is 5.73 Å². The summed E-state index contributed by atoms with van der Waals surface area (Å²) in [6, 6.07) is 5.39. The number of carbonyl (C=O) groups excluding carboxylic acids is 1. The molecule has 0 aliphatic carbocycles. The van der Waals surface area contributed by atoms with Crippen LogP contribution in [0.1, 0.15) is 23.2 Å². The van der Waals surface area contributed by atoms with Gasteiger partial charge in [0.2, 0.25) is 0 Å². The molecule has 80 valence electrons. The molecule has 0 radical (unpaired) electrons. The number of nitrogens with zero attached hydrogens (tertiary/aromatic N) is 1. The number of nitrogens with two attached hydrogens (primary N) is 1. The maximum absolute atomic E-state index is 12.0. The van der Waals surface area contributed by atoms with Gasteiger partial charge in [-0.1, -0.05) is 15.9 Å². The van der Waals surface area contributed by atoms with Crippen molar-refractivity contribution in [1.82, 2.24) is 4.90 Å². The second-order valence-electron chi connectivity index (χ2n) is 3.73. The fourth-order valence-electron chi connectivity index (χ4n) is 1.82. The third kappa shape index (κ3) is 2.15. The maximum atomic E-state index is 12.0. The number of carbonyl (C=O) groups is 1. The van der Waals surface area contributed by atoms with E-state index in [0.717, 1.165) is 30.4 Å². The van der Waals surface area contributed by atoms with E-state index in [-0.39, 0.29) is 5.91 Å². The van der Waals surface area contributed by atoms with Crippen molar-refractivity contribution in [1.29, 1.82) is 0 Å². The van der Waals surface area contributed by atoms with Crippen LogP contribution >= 0.6 is 15.9 Å². The van der Waals surface area contributed by atoms with E-state index in [1.54, 1.807) is 12.1 Å². The number of halogens is 1. The Balaban J connectivity index is 2.24. The molecule has 15 heavy (non-hydrogen) atoms. The molecule has 1 aromatic carbocycles. The molecule has 0 bridgehead atoms. The number of hydrogen-bond acceptors (Lipinski definition) is 2. The van der Waals surface area contributed by atoms with Crippen LogP contribution in [0.3, 0.4) is 0 Å². The Morgan fingerprint density at radius 1 is 1.33 bits per heavy atom. The monoisotopic (exact) mass is 268 g/mol. The van der Waals surface area contributed by atoms with Crippen molar-refractivity contribution in [3.05, 3.63) is 28.2 Å². The van der Waals surface area contributed by atoms with Crippen LogP contribution in [-0.4, -0.2) is 23.9 Å². The first kappa shape index (κ1) is 10.5. The number of rotatable bonds is 1. The molecule has 1 aliphatic rings. The molecule has 0 spiro atoms. The van der Waals surface area contributed by atoms with Crippen molar-refractivity contribution in [3.8, 4) is 0 Å². The largest absolute Gasteiger partial charge is 0.398 e. The molecular weight excluding hydrogens is 256 g/mol. The lowest BCUT2D eigenvalue weighted by atomic mass is 10.1. The van der Waals surface area contributed by atoms with Crippen molar-refractivity contribution in [2.75, 3.05) is 18.8 Å². The molecule has 1 saturated heterocycles. The predicted octanol–water partition coefficient (Wildman–Crippen LogP) is 2.27. The average molecular weight is 269 g/mol. The minimum absolute atomic E-state index is 0.0532. The van der Waals surface area contributed by atoms with Gasteiger partial charge in [-0.25, -0.2) is 0 Å². The molecule has 0 saturated carbocycles. The summed E-state index contributed by atoms with van der Waals surface area (Å²) in [5.41, 5.74) is 6.97. The maximum Gasteiger partial charge on any atom is 0.255 e. The standard InChI is InChI=1S/C11H13BrN2O/c12-8-3-4-9(10(13)7-8)11(15)14-5-1-2-6-14/h3-4,7H,1-2,5-6,13H2. The van der Waals surface area contributed by atoms with E-state index in [9.17, 15) is 4.79 Å². The lowest BCUT2D eigenvalue weighted by molar-refractivity contribution is 0.0794. The third-order valence-electron chi connectivity index (χ3n) is 2.64. The van der Waals surface area contributed by atoms with Crippen molar-refractivity contribution in [2.24, 2.45) is 0 Å². The second-order valence-corrected chi connectivity index (χ2v) is 4.65. The Morgan fingerprint density at radius 2 is 2.00 bits per heavy atom. The highest BCUT2D eigenvalue weighted by molar-refractivity contribution is 9.10. The molecule has 1 amide bonds. The number of hydrogen-bond donors (Lipinski definition) is 1. The van der Waals surface area contributed by atoms with Gasteiger partial charge in [0.15, 0.2) is 0 Å². The van der Waals surface area contributed by atoms with Crippen molar-refractivity contribution in [3.63, 3.8) is 0 Å². The van der Waals surface area contributed by atoms with Gasteiger partial charge in [0, 0.05) is 23.2 Å². The first-order valence-corrected chi connectivity index (χ1v) is 5.82. The van der Waals surface area contributed by atoms with Crippen molar-refractivity contribution in [2.45, 2.75) is 12.8 Å². The van der Waals surface area contributed by atoms with Crippen molar-refractivity contribution < 1.29 is 4.79 Å². The molecule has 2 N–H and O–H groups in total. The van der Waals surface area contributed by atoms with Gasteiger partial charge in [0.25, 0.3) is 5.91 Å². The van der Waals surface area contributed by atoms with Crippen LogP contribution in [0.15, 0.2) is 22.7 Å². The summed E-state index contributed by atoms with van der Waals surface area (Å²) in [4.78, 5) is 13.9. The lowest BCUT2D eigenvalue weighted by Gasteiger charge is -2.16. The Morgan fingerprint density at radius 3 is 2.60 bits per heavy atom.